The summed E-state index contributed by atoms with van der Waals surface area (Å²) < 4.78 is 57.4. The topological polar surface area (TPSA) is 30.5 Å². The van der Waals surface area contributed by atoms with E-state index in [1.165, 1.54) is 18.2 Å². The normalized spacial score (nSPS) is 34.5. The van der Waals surface area contributed by atoms with Crippen molar-refractivity contribution >= 4 is 0 Å². The average Bonchev–Trinajstić information content (AvgIpc) is 2.86. The van der Waals surface area contributed by atoms with Crippen molar-refractivity contribution in [2.24, 2.45) is 5.92 Å². The fourth-order valence-electron chi connectivity index (χ4n) is 2.78. The van der Waals surface area contributed by atoms with Gasteiger partial charge in [-0.1, -0.05) is 18.2 Å². The summed E-state index contributed by atoms with van der Waals surface area (Å²) in [6, 6.07) is 5.72. The van der Waals surface area contributed by atoms with Gasteiger partial charge in [0.25, 0.3) is 0 Å². The number of nitrogens with one attached hydrogen (secondary N) is 1. The molecule has 1 aromatic rings. The Morgan fingerprint density at radius 2 is 2.00 bits per heavy atom. The molecule has 19 heavy (non-hydrogen) atoms. The number of fused-ring (bicyclic) bond motifs is 1. The zero-order valence-corrected chi connectivity index (χ0v) is 9.71. The van der Waals surface area contributed by atoms with Crippen molar-refractivity contribution in [3.63, 3.8) is 0 Å². The van der Waals surface area contributed by atoms with E-state index in [0.717, 1.165) is 0 Å². The predicted molar refractivity (Wildman–Crippen MR) is 56.5 cm³/mol. The third-order valence-corrected chi connectivity index (χ3v) is 3.68. The minimum atomic E-state index is -4.49. The van der Waals surface area contributed by atoms with Gasteiger partial charge < -0.3 is 9.57 Å². The van der Waals surface area contributed by atoms with Crippen molar-refractivity contribution in [1.29, 1.82) is 0 Å². The molecule has 3 nitrogen and oxygen atoms in total. The number of hydroxylamine groups is 1. The molecule has 3 atom stereocenters. The van der Waals surface area contributed by atoms with E-state index in [-0.39, 0.29) is 18.8 Å². The highest BCUT2D eigenvalue weighted by atomic mass is 19.4. The van der Waals surface area contributed by atoms with E-state index in [4.69, 9.17) is 9.57 Å². The van der Waals surface area contributed by atoms with Crippen LogP contribution in [-0.4, -0.2) is 25.5 Å². The lowest BCUT2D eigenvalue weighted by Gasteiger charge is -2.28. The molecular weight excluding hydrogens is 266 g/mol. The third kappa shape index (κ3) is 1.84. The van der Waals surface area contributed by atoms with Crippen LogP contribution < -0.4 is 5.48 Å². The molecule has 0 saturated carbocycles. The summed E-state index contributed by atoms with van der Waals surface area (Å²) in [4.78, 5) is 4.95. The molecule has 2 aliphatic heterocycles. The van der Waals surface area contributed by atoms with Gasteiger partial charge in [-0.15, -0.1) is 0 Å². The molecule has 0 aromatic heterocycles. The first-order valence-corrected chi connectivity index (χ1v) is 5.77. The van der Waals surface area contributed by atoms with Gasteiger partial charge in [-0.2, -0.15) is 18.7 Å². The molecule has 104 valence electrons. The van der Waals surface area contributed by atoms with Crippen molar-refractivity contribution in [3.8, 4) is 0 Å². The monoisotopic (exact) mass is 277 g/mol. The molecule has 1 N–H and O–H groups in total. The number of hydrogen-bond donors (Lipinski definition) is 1. The molecule has 0 amide bonds. The Labute approximate surface area is 106 Å². The summed E-state index contributed by atoms with van der Waals surface area (Å²) >= 11 is 0. The highest BCUT2D eigenvalue weighted by molar-refractivity contribution is 5.30. The lowest BCUT2D eigenvalue weighted by Crippen LogP contribution is -2.45. The van der Waals surface area contributed by atoms with Crippen LogP contribution >= 0.6 is 0 Å². The number of halogens is 4. The van der Waals surface area contributed by atoms with Crippen LogP contribution in [-0.2, 0) is 15.1 Å². The van der Waals surface area contributed by atoms with Gasteiger partial charge in [0.15, 0.2) is 6.10 Å². The van der Waals surface area contributed by atoms with Crippen LogP contribution in [0.25, 0.3) is 0 Å². The molecule has 2 fully saturated rings. The van der Waals surface area contributed by atoms with Crippen LogP contribution in [0.5, 0.6) is 0 Å². The van der Waals surface area contributed by atoms with Gasteiger partial charge in [0.2, 0.25) is 0 Å². The zero-order valence-electron chi connectivity index (χ0n) is 9.71. The largest absolute Gasteiger partial charge is 0.415 e. The number of rotatable bonds is 1. The van der Waals surface area contributed by atoms with Crippen LogP contribution in [0.4, 0.5) is 17.6 Å². The van der Waals surface area contributed by atoms with Crippen molar-refractivity contribution in [2.75, 3.05) is 13.2 Å². The molecular formula is C12H11F4NO2. The Morgan fingerprint density at radius 3 is 2.68 bits per heavy atom. The van der Waals surface area contributed by atoms with Crippen LogP contribution in [0.1, 0.15) is 5.56 Å². The smallest absolute Gasteiger partial charge is 0.366 e. The molecule has 0 radical (unpaired) electrons. The summed E-state index contributed by atoms with van der Waals surface area (Å²) in [5.41, 5.74) is 1.40. The molecule has 0 spiro atoms. The van der Waals surface area contributed by atoms with E-state index in [9.17, 15) is 17.6 Å². The minimum absolute atomic E-state index is 0.143. The summed E-state index contributed by atoms with van der Waals surface area (Å²) in [6.45, 7) is -0.443. The van der Waals surface area contributed by atoms with Crippen molar-refractivity contribution in [2.45, 2.75) is 17.8 Å². The van der Waals surface area contributed by atoms with Gasteiger partial charge in [0.1, 0.15) is 11.4 Å². The lowest BCUT2D eigenvalue weighted by atomic mass is 9.79. The van der Waals surface area contributed by atoms with Crippen molar-refractivity contribution in [1.82, 2.24) is 5.48 Å². The van der Waals surface area contributed by atoms with Crippen LogP contribution in [0.2, 0.25) is 0 Å². The van der Waals surface area contributed by atoms with Gasteiger partial charge in [0, 0.05) is 11.5 Å². The number of benzene rings is 1. The second-order valence-electron chi connectivity index (χ2n) is 4.74. The van der Waals surface area contributed by atoms with Crippen LogP contribution in [0.15, 0.2) is 24.3 Å². The van der Waals surface area contributed by atoms with Gasteiger partial charge in [-0.25, -0.2) is 4.39 Å². The highest BCUT2D eigenvalue weighted by Crippen LogP contribution is 2.48. The molecule has 1 unspecified atom stereocenters. The number of alkyl halides is 3. The summed E-state index contributed by atoms with van der Waals surface area (Å²) in [5, 5.41) is 0. The Hall–Kier alpha value is -1.18. The van der Waals surface area contributed by atoms with Gasteiger partial charge in [-0.3, -0.25) is 0 Å². The van der Waals surface area contributed by atoms with Gasteiger partial charge in [-0.05, 0) is 6.07 Å². The van der Waals surface area contributed by atoms with Gasteiger partial charge >= 0.3 is 6.18 Å². The molecule has 2 aliphatic rings. The molecule has 3 rings (SSSR count). The first-order valence-electron chi connectivity index (χ1n) is 5.77. The first kappa shape index (κ1) is 12.8. The van der Waals surface area contributed by atoms with Crippen molar-refractivity contribution < 1.29 is 27.1 Å². The maximum atomic E-state index is 13.9. The van der Waals surface area contributed by atoms with E-state index in [0.29, 0.717) is 0 Å². The first-order chi connectivity index (χ1) is 8.95. The lowest BCUT2D eigenvalue weighted by molar-refractivity contribution is -0.219. The standard InChI is InChI=1S/C12H11F4NO2/c13-9-4-2-1-3-7(9)11-6-18-10(12(14,15)16)8(11)5-19-17-11/h1-4,8,10,17H,5-6H2/t8-,10+,11?/m1/s1. The van der Waals surface area contributed by atoms with Crippen LogP contribution in [0, 0.1) is 11.7 Å². The molecule has 0 aliphatic carbocycles. The minimum Gasteiger partial charge on any atom is -0.366 e. The van der Waals surface area contributed by atoms with Crippen molar-refractivity contribution in [3.05, 3.63) is 35.6 Å². The Balaban J connectivity index is 2.03. The molecule has 2 saturated heterocycles. The van der Waals surface area contributed by atoms with E-state index < -0.39 is 29.6 Å². The fraction of sp³-hybridized carbons (Fsp3) is 0.500. The van der Waals surface area contributed by atoms with E-state index in [1.807, 2.05) is 0 Å². The maximum Gasteiger partial charge on any atom is 0.415 e. The van der Waals surface area contributed by atoms with E-state index >= 15 is 0 Å². The Kier molecular flexibility index (Phi) is 2.81. The zero-order chi connectivity index (χ0) is 13.7. The average molecular weight is 277 g/mol. The predicted octanol–water partition coefficient (Wildman–Crippen LogP) is 2.13. The van der Waals surface area contributed by atoms with Gasteiger partial charge in [0.05, 0.1) is 13.2 Å². The quantitative estimate of drug-likeness (QED) is 0.798. The SMILES string of the molecule is Fc1ccccc1C12CO[C@H](C(F)(F)F)[C@H]1CON2. The summed E-state index contributed by atoms with van der Waals surface area (Å²) in [7, 11) is 0. The summed E-state index contributed by atoms with van der Waals surface area (Å²) in [5.74, 6) is -1.57. The Bertz CT molecular complexity index is 493. The van der Waals surface area contributed by atoms with E-state index in [1.54, 1.807) is 6.07 Å². The molecule has 2 heterocycles. The van der Waals surface area contributed by atoms with E-state index in [2.05, 4.69) is 5.48 Å². The second kappa shape index (κ2) is 4.16. The molecule has 1 aromatic carbocycles. The van der Waals surface area contributed by atoms with Crippen LogP contribution in [0.3, 0.4) is 0 Å². The number of ether oxygens (including phenoxy) is 1. The second-order valence-corrected chi connectivity index (χ2v) is 4.74. The molecule has 0 bridgehead atoms. The third-order valence-electron chi connectivity index (χ3n) is 3.68. The Morgan fingerprint density at radius 1 is 1.26 bits per heavy atom. The maximum absolute atomic E-state index is 13.9. The highest BCUT2D eigenvalue weighted by Gasteiger charge is 2.63. The fourth-order valence-corrected chi connectivity index (χ4v) is 2.78. The summed E-state index contributed by atoms with van der Waals surface area (Å²) in [6.07, 6.45) is -6.44. The number of hydrogen-bond acceptors (Lipinski definition) is 3. The molecule has 7 heteroatoms.